The van der Waals surface area contributed by atoms with Crippen molar-refractivity contribution in [3.05, 3.63) is 64.7 Å². The summed E-state index contributed by atoms with van der Waals surface area (Å²) in [4.78, 5) is 26.9. The molecule has 1 unspecified atom stereocenters. The quantitative estimate of drug-likeness (QED) is 0.441. The molecule has 1 aliphatic heterocycles. The maximum Gasteiger partial charge on any atom is 0.410 e. The van der Waals surface area contributed by atoms with Crippen LogP contribution in [0.25, 0.3) is 0 Å². The van der Waals surface area contributed by atoms with E-state index >= 15 is 0 Å². The molecule has 0 saturated carbocycles. The molecule has 2 aromatic rings. The van der Waals surface area contributed by atoms with Crippen molar-refractivity contribution >= 4 is 12.0 Å². The molecule has 0 aromatic heterocycles. The fourth-order valence-electron chi connectivity index (χ4n) is 4.71. The van der Waals surface area contributed by atoms with Gasteiger partial charge in [-0.1, -0.05) is 30.3 Å². The van der Waals surface area contributed by atoms with Crippen molar-refractivity contribution in [2.75, 3.05) is 19.7 Å². The van der Waals surface area contributed by atoms with E-state index in [9.17, 15) is 9.59 Å². The van der Waals surface area contributed by atoms with Crippen LogP contribution in [0.4, 0.5) is 4.79 Å². The molecule has 0 spiro atoms. The molecular formula is C31H45N3O4. The van der Waals surface area contributed by atoms with E-state index in [1.165, 1.54) is 5.56 Å². The molecule has 2 aromatic carbocycles. The fourth-order valence-corrected chi connectivity index (χ4v) is 4.71. The van der Waals surface area contributed by atoms with Crippen molar-refractivity contribution in [2.24, 2.45) is 11.7 Å². The summed E-state index contributed by atoms with van der Waals surface area (Å²) in [7, 11) is 0. The summed E-state index contributed by atoms with van der Waals surface area (Å²) in [6.07, 6.45) is 4.07. The number of benzene rings is 2. The van der Waals surface area contributed by atoms with Gasteiger partial charge in [0, 0.05) is 19.6 Å². The topological polar surface area (TPSA) is 93.9 Å². The number of carbonyl (C=O) groups is 2. The molecule has 1 fully saturated rings. The van der Waals surface area contributed by atoms with Gasteiger partial charge < -0.3 is 25.4 Å². The molecule has 0 bridgehead atoms. The van der Waals surface area contributed by atoms with Crippen LogP contribution in [0.5, 0.6) is 5.75 Å². The summed E-state index contributed by atoms with van der Waals surface area (Å²) in [5.41, 5.74) is 10.1. The monoisotopic (exact) mass is 523 g/mol. The van der Waals surface area contributed by atoms with Crippen molar-refractivity contribution in [1.82, 2.24) is 10.2 Å². The van der Waals surface area contributed by atoms with Gasteiger partial charge in [0.2, 0.25) is 5.91 Å². The van der Waals surface area contributed by atoms with Crippen LogP contribution >= 0.6 is 0 Å². The second-order valence-electron chi connectivity index (χ2n) is 11.4. The maximum atomic E-state index is 12.6. The minimum absolute atomic E-state index is 0.142. The normalized spacial score (nSPS) is 16.6. The van der Waals surface area contributed by atoms with Crippen molar-refractivity contribution in [3.8, 4) is 5.75 Å². The van der Waals surface area contributed by atoms with Gasteiger partial charge in [-0.3, -0.25) is 4.79 Å². The number of likely N-dealkylation sites (tertiary alicyclic amines) is 1. The van der Waals surface area contributed by atoms with E-state index in [-0.39, 0.29) is 12.0 Å². The van der Waals surface area contributed by atoms with Crippen LogP contribution in [0.3, 0.4) is 0 Å². The maximum absolute atomic E-state index is 12.6. The van der Waals surface area contributed by atoms with E-state index in [1.807, 2.05) is 68.1 Å². The van der Waals surface area contributed by atoms with Gasteiger partial charge in [-0.25, -0.2) is 4.79 Å². The number of ether oxygens (including phenoxy) is 2. The molecule has 1 heterocycles. The number of hydrogen-bond donors (Lipinski definition) is 2. The molecule has 7 nitrogen and oxygen atoms in total. The predicted molar refractivity (Wildman–Crippen MR) is 151 cm³/mol. The van der Waals surface area contributed by atoms with Crippen LogP contribution in [0.1, 0.15) is 68.7 Å². The zero-order valence-electron chi connectivity index (χ0n) is 23.7. The molecule has 38 heavy (non-hydrogen) atoms. The standard InChI is InChI=1S/C31H45N3O4/c1-22-18-27(37-17-15-25-12-9-16-34(21-25)30(36)38-31(3,4)5)19-26(23(22)2)20-33-29(35)28(32)14-13-24-10-7-6-8-11-24/h6-8,10-11,18-19,25,28H,9,12-17,20-21,32H2,1-5H3,(H,33,35)/t25?,28-/m0/s1. The number of hydrogen-bond acceptors (Lipinski definition) is 5. The largest absolute Gasteiger partial charge is 0.494 e. The number of aryl methyl sites for hydroxylation is 2. The Bertz CT molecular complexity index is 1060. The zero-order valence-corrected chi connectivity index (χ0v) is 23.7. The average molecular weight is 524 g/mol. The molecule has 7 heteroatoms. The molecule has 3 rings (SSSR count). The van der Waals surface area contributed by atoms with Gasteiger partial charge in [-0.05, 0) is 107 Å². The second-order valence-corrected chi connectivity index (χ2v) is 11.4. The number of nitrogens with zero attached hydrogens (tertiary/aromatic N) is 1. The molecular weight excluding hydrogens is 478 g/mol. The van der Waals surface area contributed by atoms with Gasteiger partial charge in [-0.15, -0.1) is 0 Å². The van der Waals surface area contributed by atoms with Gasteiger partial charge in [0.1, 0.15) is 11.4 Å². The van der Waals surface area contributed by atoms with Crippen LogP contribution in [0, 0.1) is 19.8 Å². The first-order valence-electron chi connectivity index (χ1n) is 13.8. The third kappa shape index (κ3) is 9.35. The SMILES string of the molecule is Cc1cc(OCCC2CCCN(C(=O)OC(C)(C)C)C2)cc(CNC(=O)[C@@H](N)CCc2ccccc2)c1C. The highest BCUT2D eigenvalue weighted by Gasteiger charge is 2.27. The van der Waals surface area contributed by atoms with Crippen molar-refractivity contribution in [1.29, 1.82) is 0 Å². The van der Waals surface area contributed by atoms with E-state index < -0.39 is 11.6 Å². The van der Waals surface area contributed by atoms with Crippen LogP contribution in [-0.2, 0) is 22.5 Å². The molecule has 208 valence electrons. The van der Waals surface area contributed by atoms with Gasteiger partial charge in [0.15, 0.2) is 0 Å². The molecule has 0 radical (unpaired) electrons. The summed E-state index contributed by atoms with van der Waals surface area (Å²) in [5, 5.41) is 3.00. The number of amides is 2. The molecule has 1 aliphatic rings. The summed E-state index contributed by atoms with van der Waals surface area (Å²) >= 11 is 0. The lowest BCUT2D eigenvalue weighted by atomic mass is 9.95. The van der Waals surface area contributed by atoms with Crippen molar-refractivity contribution in [2.45, 2.75) is 84.9 Å². The van der Waals surface area contributed by atoms with Crippen molar-refractivity contribution in [3.63, 3.8) is 0 Å². The Labute approximate surface area is 228 Å². The first-order valence-corrected chi connectivity index (χ1v) is 13.8. The minimum atomic E-state index is -0.549. The first-order chi connectivity index (χ1) is 18.0. The Balaban J connectivity index is 1.47. The Kier molecular flexibility index (Phi) is 10.6. The number of nitrogens with two attached hydrogens (primary N) is 1. The Hall–Kier alpha value is -3.06. The van der Waals surface area contributed by atoms with Crippen LogP contribution in [-0.4, -0.2) is 48.2 Å². The highest BCUT2D eigenvalue weighted by Crippen LogP contribution is 2.25. The Morgan fingerprint density at radius 3 is 2.61 bits per heavy atom. The van der Waals surface area contributed by atoms with E-state index in [2.05, 4.69) is 19.2 Å². The third-order valence-corrected chi connectivity index (χ3v) is 7.09. The average Bonchev–Trinajstić information content (AvgIpc) is 2.88. The third-order valence-electron chi connectivity index (χ3n) is 7.09. The van der Waals surface area contributed by atoms with Crippen LogP contribution < -0.4 is 15.8 Å². The summed E-state index contributed by atoms with van der Waals surface area (Å²) in [6, 6.07) is 13.6. The lowest BCUT2D eigenvalue weighted by Crippen LogP contribution is -2.43. The first kappa shape index (κ1) is 29.5. The van der Waals surface area contributed by atoms with Crippen molar-refractivity contribution < 1.29 is 19.1 Å². The highest BCUT2D eigenvalue weighted by atomic mass is 16.6. The summed E-state index contributed by atoms with van der Waals surface area (Å²) < 4.78 is 11.7. The fraction of sp³-hybridized carbons (Fsp3) is 0.548. The van der Waals surface area contributed by atoms with Gasteiger partial charge in [0.05, 0.1) is 12.6 Å². The molecule has 0 aliphatic carbocycles. The smallest absolute Gasteiger partial charge is 0.410 e. The van der Waals surface area contributed by atoms with E-state index in [1.54, 1.807) is 0 Å². The predicted octanol–water partition coefficient (Wildman–Crippen LogP) is 5.30. The highest BCUT2D eigenvalue weighted by molar-refractivity contribution is 5.81. The lowest BCUT2D eigenvalue weighted by molar-refractivity contribution is -0.122. The lowest BCUT2D eigenvalue weighted by Gasteiger charge is -2.34. The summed E-state index contributed by atoms with van der Waals surface area (Å²) in [6.45, 7) is 12.2. The minimum Gasteiger partial charge on any atom is -0.494 e. The molecule has 2 amide bonds. The van der Waals surface area contributed by atoms with Gasteiger partial charge in [-0.2, -0.15) is 0 Å². The molecule has 1 saturated heterocycles. The number of nitrogens with one attached hydrogen (secondary N) is 1. The van der Waals surface area contributed by atoms with E-state index in [4.69, 9.17) is 15.2 Å². The van der Waals surface area contributed by atoms with Crippen LogP contribution in [0.15, 0.2) is 42.5 Å². The molecule has 3 N–H and O–H groups in total. The summed E-state index contributed by atoms with van der Waals surface area (Å²) in [5.74, 6) is 1.04. The second kappa shape index (κ2) is 13.7. The molecule has 2 atom stereocenters. The number of rotatable bonds is 10. The number of carbonyl (C=O) groups excluding carboxylic acids is 2. The Morgan fingerprint density at radius 2 is 1.89 bits per heavy atom. The Morgan fingerprint density at radius 1 is 1.16 bits per heavy atom. The van der Waals surface area contributed by atoms with Gasteiger partial charge >= 0.3 is 6.09 Å². The van der Waals surface area contributed by atoms with E-state index in [0.29, 0.717) is 32.0 Å². The van der Waals surface area contributed by atoms with Crippen LogP contribution in [0.2, 0.25) is 0 Å². The zero-order chi connectivity index (χ0) is 27.7. The number of piperidine rings is 1. The van der Waals surface area contributed by atoms with E-state index in [0.717, 1.165) is 54.7 Å². The van der Waals surface area contributed by atoms with Gasteiger partial charge in [0.25, 0.3) is 0 Å².